The fourth-order valence-corrected chi connectivity index (χ4v) is 3.68. The van der Waals surface area contributed by atoms with E-state index in [1.807, 2.05) is 11.3 Å². The van der Waals surface area contributed by atoms with Gasteiger partial charge < -0.3 is 10.2 Å². The van der Waals surface area contributed by atoms with Gasteiger partial charge in [-0.15, -0.1) is 11.3 Å². The second kappa shape index (κ2) is 5.28. The van der Waals surface area contributed by atoms with Crippen LogP contribution in [0.15, 0.2) is 0 Å². The monoisotopic (exact) mass is 294 g/mol. The minimum Gasteiger partial charge on any atom is -0.345 e. The molecule has 0 unspecified atom stereocenters. The third-order valence-corrected chi connectivity index (χ3v) is 5.82. The summed E-state index contributed by atoms with van der Waals surface area (Å²) >= 11 is 1.87. The lowest BCUT2D eigenvalue weighted by Crippen LogP contribution is -2.57. The molecule has 0 amide bonds. The van der Waals surface area contributed by atoms with Crippen LogP contribution in [0, 0.1) is 6.92 Å². The molecule has 1 aliphatic heterocycles. The molecular weight excluding hydrogens is 268 g/mol. The lowest BCUT2D eigenvalue weighted by Gasteiger charge is -2.45. The van der Waals surface area contributed by atoms with E-state index in [9.17, 15) is 0 Å². The van der Waals surface area contributed by atoms with Crippen LogP contribution in [-0.4, -0.2) is 48.1 Å². The van der Waals surface area contributed by atoms with E-state index in [2.05, 4.69) is 42.9 Å². The van der Waals surface area contributed by atoms with Crippen LogP contribution in [0.1, 0.15) is 37.3 Å². The van der Waals surface area contributed by atoms with Crippen molar-refractivity contribution in [2.24, 2.45) is 0 Å². The van der Waals surface area contributed by atoms with Gasteiger partial charge in [0.2, 0.25) is 0 Å². The first-order valence-corrected chi connectivity index (χ1v) is 8.43. The second-order valence-corrected chi connectivity index (χ2v) is 7.88. The van der Waals surface area contributed by atoms with Crippen molar-refractivity contribution in [3.63, 3.8) is 0 Å². The van der Waals surface area contributed by atoms with E-state index >= 15 is 0 Å². The number of hydrogen-bond acceptors (Lipinski definition) is 5. The molecule has 5 heteroatoms. The number of nitrogens with one attached hydrogen (secondary N) is 1. The number of likely N-dealkylation sites (N-methyl/N-ethyl adjacent to an activating group) is 1. The minimum absolute atomic E-state index is 0.226. The molecule has 0 radical (unpaired) electrons. The van der Waals surface area contributed by atoms with E-state index in [0.29, 0.717) is 0 Å². The first kappa shape index (κ1) is 14.3. The zero-order chi connectivity index (χ0) is 14.3. The highest BCUT2D eigenvalue weighted by Crippen LogP contribution is 2.30. The molecule has 3 rings (SSSR count). The Morgan fingerprint density at radius 3 is 2.75 bits per heavy atom. The van der Waals surface area contributed by atoms with Crippen LogP contribution in [0.2, 0.25) is 0 Å². The predicted molar refractivity (Wildman–Crippen MR) is 85.6 cm³/mol. The minimum atomic E-state index is 0.226. The number of thiazole rings is 1. The molecule has 2 heterocycles. The van der Waals surface area contributed by atoms with Crippen molar-refractivity contribution in [3.05, 3.63) is 10.6 Å². The lowest BCUT2D eigenvalue weighted by atomic mass is 10.0. The maximum absolute atomic E-state index is 4.81. The van der Waals surface area contributed by atoms with Gasteiger partial charge in [0.05, 0.1) is 5.69 Å². The van der Waals surface area contributed by atoms with Crippen LogP contribution in [-0.2, 0) is 6.54 Å². The summed E-state index contributed by atoms with van der Waals surface area (Å²) in [5.41, 5.74) is 1.43. The molecule has 2 aliphatic rings. The zero-order valence-electron chi connectivity index (χ0n) is 13.1. The van der Waals surface area contributed by atoms with Crippen molar-refractivity contribution >= 4 is 16.5 Å². The lowest BCUT2D eigenvalue weighted by molar-refractivity contribution is 0.139. The van der Waals surface area contributed by atoms with Crippen molar-refractivity contribution in [3.8, 4) is 0 Å². The zero-order valence-corrected chi connectivity index (χ0v) is 13.9. The molecule has 4 nitrogen and oxygen atoms in total. The molecule has 2 fully saturated rings. The first-order valence-electron chi connectivity index (χ1n) is 7.61. The Bertz CT molecular complexity index is 478. The third-order valence-electron chi connectivity index (χ3n) is 4.60. The van der Waals surface area contributed by atoms with Crippen molar-refractivity contribution in [1.82, 2.24) is 15.2 Å². The number of hydrogen-bond donors (Lipinski definition) is 1. The van der Waals surface area contributed by atoms with E-state index < -0.39 is 0 Å². The number of rotatable bonds is 4. The van der Waals surface area contributed by atoms with E-state index in [1.165, 1.54) is 28.5 Å². The van der Waals surface area contributed by atoms with E-state index in [-0.39, 0.29) is 5.54 Å². The molecular formula is C15H26N4S. The number of nitrogens with zero attached hydrogens (tertiary/aromatic N) is 3. The Kier molecular flexibility index (Phi) is 3.77. The van der Waals surface area contributed by atoms with E-state index in [0.717, 1.165) is 32.2 Å². The quantitative estimate of drug-likeness (QED) is 0.923. The molecule has 0 aromatic carbocycles. The SMILES string of the molecule is Cc1nc(N2CCN(C)C(C)(C)C2)sc1CNC1CC1. The Morgan fingerprint density at radius 1 is 1.35 bits per heavy atom. The van der Waals surface area contributed by atoms with Crippen LogP contribution in [0.5, 0.6) is 0 Å². The average molecular weight is 294 g/mol. The van der Waals surface area contributed by atoms with Crippen LogP contribution in [0.3, 0.4) is 0 Å². The number of piperazine rings is 1. The van der Waals surface area contributed by atoms with E-state index in [1.54, 1.807) is 0 Å². The molecule has 1 saturated carbocycles. The van der Waals surface area contributed by atoms with Gasteiger partial charge in [0.1, 0.15) is 0 Å². The largest absolute Gasteiger partial charge is 0.345 e. The summed E-state index contributed by atoms with van der Waals surface area (Å²) in [5, 5.41) is 4.80. The molecule has 1 aliphatic carbocycles. The van der Waals surface area contributed by atoms with Gasteiger partial charge in [0.15, 0.2) is 5.13 Å². The Balaban J connectivity index is 1.68. The standard InChI is InChI=1S/C15H26N4S/c1-11-13(9-16-12-5-6-12)20-14(17-11)19-8-7-18(4)15(2,3)10-19/h12,16H,5-10H2,1-4H3. The van der Waals surface area contributed by atoms with Crippen molar-refractivity contribution < 1.29 is 0 Å². The summed E-state index contributed by atoms with van der Waals surface area (Å²) in [5.74, 6) is 0. The topological polar surface area (TPSA) is 31.4 Å². The number of aromatic nitrogens is 1. The van der Waals surface area contributed by atoms with Gasteiger partial charge in [-0.05, 0) is 40.7 Å². The predicted octanol–water partition coefficient (Wildman–Crippen LogP) is 2.23. The molecule has 1 aromatic heterocycles. The molecule has 0 spiro atoms. The maximum atomic E-state index is 4.81. The summed E-state index contributed by atoms with van der Waals surface area (Å²) in [6.07, 6.45) is 2.69. The van der Waals surface area contributed by atoms with Gasteiger partial charge >= 0.3 is 0 Å². The first-order chi connectivity index (χ1) is 9.45. The van der Waals surface area contributed by atoms with E-state index in [4.69, 9.17) is 4.98 Å². The fraction of sp³-hybridized carbons (Fsp3) is 0.800. The normalized spacial score (nSPS) is 23.3. The highest BCUT2D eigenvalue weighted by Gasteiger charge is 2.32. The third kappa shape index (κ3) is 3.00. The molecule has 112 valence electrons. The second-order valence-electron chi connectivity index (χ2n) is 6.82. The van der Waals surface area contributed by atoms with Crippen LogP contribution < -0.4 is 10.2 Å². The van der Waals surface area contributed by atoms with Crippen LogP contribution >= 0.6 is 11.3 Å². The highest BCUT2D eigenvalue weighted by molar-refractivity contribution is 7.15. The Labute approximate surface area is 126 Å². The molecule has 1 N–H and O–H groups in total. The average Bonchev–Trinajstić information content (AvgIpc) is 3.14. The summed E-state index contributed by atoms with van der Waals surface area (Å²) < 4.78 is 0. The summed E-state index contributed by atoms with van der Waals surface area (Å²) in [6, 6.07) is 0.766. The summed E-state index contributed by atoms with van der Waals surface area (Å²) in [6.45, 7) is 11.0. The highest BCUT2D eigenvalue weighted by atomic mass is 32.1. The molecule has 0 atom stereocenters. The van der Waals surface area contributed by atoms with Gasteiger partial charge in [0.25, 0.3) is 0 Å². The van der Waals surface area contributed by atoms with Gasteiger partial charge in [-0.3, -0.25) is 4.90 Å². The Hall–Kier alpha value is -0.650. The molecule has 20 heavy (non-hydrogen) atoms. The molecule has 1 saturated heterocycles. The maximum Gasteiger partial charge on any atom is 0.185 e. The van der Waals surface area contributed by atoms with Crippen LogP contribution in [0.25, 0.3) is 0 Å². The summed E-state index contributed by atoms with van der Waals surface area (Å²) in [4.78, 5) is 11.1. The smallest absolute Gasteiger partial charge is 0.185 e. The van der Waals surface area contributed by atoms with Crippen LogP contribution in [0.4, 0.5) is 5.13 Å². The van der Waals surface area contributed by atoms with Gasteiger partial charge in [0, 0.05) is 42.6 Å². The van der Waals surface area contributed by atoms with Gasteiger partial charge in [-0.2, -0.15) is 0 Å². The Morgan fingerprint density at radius 2 is 2.10 bits per heavy atom. The van der Waals surface area contributed by atoms with Gasteiger partial charge in [-0.1, -0.05) is 0 Å². The van der Waals surface area contributed by atoms with Crippen molar-refractivity contribution in [2.75, 3.05) is 31.6 Å². The molecule has 0 bridgehead atoms. The molecule has 1 aromatic rings. The van der Waals surface area contributed by atoms with Crippen molar-refractivity contribution in [2.45, 2.75) is 51.7 Å². The summed E-state index contributed by atoms with van der Waals surface area (Å²) in [7, 11) is 2.22. The van der Waals surface area contributed by atoms with Crippen molar-refractivity contribution in [1.29, 1.82) is 0 Å². The number of aryl methyl sites for hydroxylation is 1. The fourth-order valence-electron chi connectivity index (χ4n) is 2.64. The van der Waals surface area contributed by atoms with Gasteiger partial charge in [-0.25, -0.2) is 4.98 Å². The number of anilines is 1.